The van der Waals surface area contributed by atoms with Crippen molar-refractivity contribution in [3.63, 3.8) is 0 Å². The predicted molar refractivity (Wildman–Crippen MR) is 100 cm³/mol. The standard InChI is InChI=1S/C22H27NO2/c1-22(20-12-6-3-7-13-20,15-18-9-4-2-5-10-18)21(25)23-14-8-11-19(16-23)17-24/h2-7,9-10,12-13,19,24H,8,11,14-17H2,1H3. The van der Waals surface area contributed by atoms with Crippen molar-refractivity contribution >= 4 is 5.91 Å². The van der Waals surface area contributed by atoms with Crippen LogP contribution in [0.1, 0.15) is 30.9 Å². The summed E-state index contributed by atoms with van der Waals surface area (Å²) in [5.74, 6) is 0.371. The SMILES string of the molecule is CC(Cc1ccccc1)(C(=O)N1CCCC(CO)C1)c1ccccc1. The number of piperidine rings is 1. The van der Waals surface area contributed by atoms with E-state index in [1.54, 1.807) is 0 Å². The predicted octanol–water partition coefficient (Wildman–Crippen LogP) is 3.42. The van der Waals surface area contributed by atoms with Gasteiger partial charge >= 0.3 is 0 Å². The number of benzene rings is 2. The molecule has 1 heterocycles. The van der Waals surface area contributed by atoms with E-state index in [-0.39, 0.29) is 18.4 Å². The van der Waals surface area contributed by atoms with Gasteiger partial charge in [-0.05, 0) is 43.2 Å². The summed E-state index contributed by atoms with van der Waals surface area (Å²) in [6, 6.07) is 20.3. The van der Waals surface area contributed by atoms with Gasteiger partial charge in [0.2, 0.25) is 5.91 Å². The van der Waals surface area contributed by atoms with Gasteiger partial charge in [-0.3, -0.25) is 4.79 Å². The average molecular weight is 337 g/mol. The Kier molecular flexibility index (Phi) is 5.54. The molecule has 0 aliphatic carbocycles. The van der Waals surface area contributed by atoms with E-state index in [0.717, 1.165) is 30.5 Å². The van der Waals surface area contributed by atoms with E-state index in [9.17, 15) is 9.90 Å². The highest BCUT2D eigenvalue weighted by atomic mass is 16.3. The molecule has 1 aliphatic rings. The Hall–Kier alpha value is -2.13. The third kappa shape index (κ3) is 3.93. The molecule has 2 aromatic carbocycles. The fourth-order valence-corrected chi connectivity index (χ4v) is 3.86. The van der Waals surface area contributed by atoms with Gasteiger partial charge in [-0.1, -0.05) is 60.7 Å². The molecular formula is C22H27NO2. The number of likely N-dealkylation sites (tertiary alicyclic amines) is 1. The molecule has 0 radical (unpaired) electrons. The van der Waals surface area contributed by atoms with Crippen molar-refractivity contribution in [3.8, 4) is 0 Å². The first-order valence-electron chi connectivity index (χ1n) is 9.13. The maximum absolute atomic E-state index is 13.5. The third-order valence-corrected chi connectivity index (χ3v) is 5.35. The number of carbonyl (C=O) groups excluding carboxylic acids is 1. The number of aliphatic hydroxyl groups excluding tert-OH is 1. The average Bonchev–Trinajstić information content (AvgIpc) is 2.68. The molecule has 0 spiro atoms. The zero-order valence-electron chi connectivity index (χ0n) is 14.9. The Labute approximate surface area is 150 Å². The molecule has 1 saturated heterocycles. The van der Waals surface area contributed by atoms with Gasteiger partial charge in [0.25, 0.3) is 0 Å². The first kappa shape index (κ1) is 17.7. The van der Waals surface area contributed by atoms with Gasteiger partial charge in [0.1, 0.15) is 0 Å². The van der Waals surface area contributed by atoms with Crippen LogP contribution in [0.4, 0.5) is 0 Å². The summed E-state index contributed by atoms with van der Waals surface area (Å²) < 4.78 is 0. The Morgan fingerprint density at radius 3 is 2.40 bits per heavy atom. The number of hydrogen-bond donors (Lipinski definition) is 1. The number of nitrogens with zero attached hydrogens (tertiary/aromatic N) is 1. The summed E-state index contributed by atoms with van der Waals surface area (Å²) in [6.45, 7) is 3.66. The highest BCUT2D eigenvalue weighted by Gasteiger charge is 2.39. The first-order chi connectivity index (χ1) is 12.1. The van der Waals surface area contributed by atoms with E-state index in [1.807, 2.05) is 53.4 Å². The molecule has 3 heteroatoms. The maximum atomic E-state index is 13.5. The van der Waals surface area contributed by atoms with E-state index in [0.29, 0.717) is 13.0 Å². The number of rotatable bonds is 5. The molecule has 25 heavy (non-hydrogen) atoms. The molecule has 1 N–H and O–H groups in total. The molecule has 132 valence electrons. The van der Waals surface area contributed by atoms with Crippen LogP contribution >= 0.6 is 0 Å². The monoisotopic (exact) mass is 337 g/mol. The molecule has 2 atom stereocenters. The van der Waals surface area contributed by atoms with E-state index >= 15 is 0 Å². The lowest BCUT2D eigenvalue weighted by Gasteiger charge is -2.39. The van der Waals surface area contributed by atoms with E-state index < -0.39 is 5.41 Å². The first-order valence-corrected chi connectivity index (χ1v) is 9.13. The largest absolute Gasteiger partial charge is 0.396 e. The Morgan fingerprint density at radius 1 is 1.12 bits per heavy atom. The quantitative estimate of drug-likeness (QED) is 0.908. The molecule has 0 aromatic heterocycles. The second kappa shape index (κ2) is 7.83. The Balaban J connectivity index is 1.92. The van der Waals surface area contributed by atoms with Crippen molar-refractivity contribution in [3.05, 3.63) is 71.8 Å². The normalized spacial score (nSPS) is 20.1. The van der Waals surface area contributed by atoms with Crippen LogP contribution in [0.5, 0.6) is 0 Å². The summed E-state index contributed by atoms with van der Waals surface area (Å²) in [6.07, 6.45) is 2.64. The molecule has 2 unspecified atom stereocenters. The van der Waals surface area contributed by atoms with Crippen LogP contribution in [-0.2, 0) is 16.6 Å². The smallest absolute Gasteiger partial charge is 0.233 e. The zero-order valence-corrected chi connectivity index (χ0v) is 14.9. The van der Waals surface area contributed by atoms with Gasteiger partial charge in [-0.25, -0.2) is 0 Å². The molecule has 3 rings (SSSR count). The highest BCUT2D eigenvalue weighted by molar-refractivity contribution is 5.88. The molecular weight excluding hydrogens is 310 g/mol. The lowest BCUT2D eigenvalue weighted by molar-refractivity contribution is -0.139. The van der Waals surface area contributed by atoms with Crippen LogP contribution < -0.4 is 0 Å². The minimum absolute atomic E-state index is 0.157. The van der Waals surface area contributed by atoms with Crippen LogP contribution in [0.2, 0.25) is 0 Å². The van der Waals surface area contributed by atoms with Crippen molar-refractivity contribution in [2.45, 2.75) is 31.6 Å². The molecule has 3 nitrogen and oxygen atoms in total. The van der Waals surface area contributed by atoms with Crippen molar-refractivity contribution in [1.29, 1.82) is 0 Å². The molecule has 1 fully saturated rings. The maximum Gasteiger partial charge on any atom is 0.233 e. The van der Waals surface area contributed by atoms with Crippen molar-refractivity contribution in [2.24, 2.45) is 5.92 Å². The van der Waals surface area contributed by atoms with Gasteiger partial charge in [0.05, 0.1) is 5.41 Å². The summed E-state index contributed by atoms with van der Waals surface area (Å²) in [7, 11) is 0. The number of aliphatic hydroxyl groups is 1. The van der Waals surface area contributed by atoms with Crippen molar-refractivity contribution in [1.82, 2.24) is 4.90 Å². The number of carbonyl (C=O) groups is 1. The molecule has 2 aromatic rings. The molecule has 1 amide bonds. The van der Waals surface area contributed by atoms with Gasteiger partial charge in [0.15, 0.2) is 0 Å². The molecule has 0 bridgehead atoms. The minimum atomic E-state index is -0.597. The number of amides is 1. The van der Waals surface area contributed by atoms with Crippen LogP contribution in [0.15, 0.2) is 60.7 Å². The summed E-state index contributed by atoms with van der Waals surface area (Å²) in [5.41, 5.74) is 1.62. The van der Waals surface area contributed by atoms with E-state index in [4.69, 9.17) is 0 Å². The van der Waals surface area contributed by atoms with Crippen LogP contribution in [0.25, 0.3) is 0 Å². The lowest BCUT2D eigenvalue weighted by Crippen LogP contribution is -2.50. The van der Waals surface area contributed by atoms with Gasteiger partial charge < -0.3 is 10.0 Å². The van der Waals surface area contributed by atoms with Gasteiger partial charge in [-0.2, -0.15) is 0 Å². The van der Waals surface area contributed by atoms with Crippen molar-refractivity contribution in [2.75, 3.05) is 19.7 Å². The second-order valence-electron chi connectivity index (χ2n) is 7.30. The summed E-state index contributed by atoms with van der Waals surface area (Å²) in [4.78, 5) is 15.5. The summed E-state index contributed by atoms with van der Waals surface area (Å²) >= 11 is 0. The van der Waals surface area contributed by atoms with Gasteiger partial charge in [0, 0.05) is 19.7 Å². The molecule has 0 saturated carbocycles. The Morgan fingerprint density at radius 2 is 1.76 bits per heavy atom. The third-order valence-electron chi connectivity index (χ3n) is 5.35. The number of hydrogen-bond acceptors (Lipinski definition) is 2. The fourth-order valence-electron chi connectivity index (χ4n) is 3.86. The van der Waals surface area contributed by atoms with Crippen LogP contribution in [0, 0.1) is 5.92 Å². The van der Waals surface area contributed by atoms with Gasteiger partial charge in [-0.15, -0.1) is 0 Å². The second-order valence-corrected chi connectivity index (χ2v) is 7.30. The van der Waals surface area contributed by atoms with Crippen LogP contribution in [0.3, 0.4) is 0 Å². The van der Waals surface area contributed by atoms with Crippen LogP contribution in [-0.4, -0.2) is 35.6 Å². The fraction of sp³-hybridized carbons (Fsp3) is 0.409. The Bertz CT molecular complexity index is 686. The molecule has 1 aliphatic heterocycles. The minimum Gasteiger partial charge on any atom is -0.396 e. The van der Waals surface area contributed by atoms with E-state index in [1.165, 1.54) is 0 Å². The van der Waals surface area contributed by atoms with E-state index in [2.05, 4.69) is 19.1 Å². The van der Waals surface area contributed by atoms with Crippen molar-refractivity contribution < 1.29 is 9.90 Å². The topological polar surface area (TPSA) is 40.5 Å². The highest BCUT2D eigenvalue weighted by Crippen LogP contribution is 2.32. The lowest BCUT2D eigenvalue weighted by atomic mass is 9.75. The summed E-state index contributed by atoms with van der Waals surface area (Å²) in [5, 5.41) is 9.51. The zero-order chi connectivity index (χ0) is 17.7.